The van der Waals surface area contributed by atoms with Gasteiger partial charge in [-0.05, 0) is 31.4 Å². The lowest BCUT2D eigenvalue weighted by atomic mass is 10.2. The summed E-state index contributed by atoms with van der Waals surface area (Å²) in [6, 6.07) is 4.52. The molecule has 0 aromatic carbocycles. The van der Waals surface area contributed by atoms with Gasteiger partial charge in [0.1, 0.15) is 11.5 Å². The number of furan rings is 1. The van der Waals surface area contributed by atoms with E-state index in [1.807, 2.05) is 0 Å². The van der Waals surface area contributed by atoms with Gasteiger partial charge in [0.05, 0.1) is 6.54 Å². The Labute approximate surface area is 97.4 Å². The van der Waals surface area contributed by atoms with Gasteiger partial charge < -0.3 is 9.73 Å². The molecule has 2 heteroatoms. The minimum Gasteiger partial charge on any atom is -0.464 e. The fourth-order valence-electron chi connectivity index (χ4n) is 1.93. The van der Waals surface area contributed by atoms with Crippen molar-refractivity contribution in [1.29, 1.82) is 0 Å². The zero-order valence-corrected chi connectivity index (χ0v) is 9.99. The first-order chi connectivity index (χ1) is 7.70. The lowest BCUT2D eigenvalue weighted by Crippen LogP contribution is -2.24. The van der Waals surface area contributed by atoms with Gasteiger partial charge in [0, 0.05) is 18.4 Å². The topological polar surface area (TPSA) is 25.2 Å². The fourth-order valence-corrected chi connectivity index (χ4v) is 1.93. The van der Waals surface area contributed by atoms with Crippen molar-refractivity contribution in [3.8, 4) is 12.3 Å². The molecule has 0 aliphatic heterocycles. The molecule has 1 aromatic heterocycles. The van der Waals surface area contributed by atoms with Crippen LogP contribution in [-0.2, 0) is 6.54 Å². The molecule has 0 amide bonds. The Morgan fingerprint density at radius 2 is 2.38 bits per heavy atom. The van der Waals surface area contributed by atoms with Crippen LogP contribution in [0.5, 0.6) is 0 Å². The first kappa shape index (κ1) is 11.3. The average Bonchev–Trinajstić information content (AvgIpc) is 2.80. The second-order valence-electron chi connectivity index (χ2n) is 4.81. The Balaban J connectivity index is 1.82. The van der Waals surface area contributed by atoms with E-state index in [2.05, 4.69) is 37.2 Å². The first-order valence-electron chi connectivity index (χ1n) is 5.96. The zero-order chi connectivity index (χ0) is 11.5. The minimum atomic E-state index is 0.346. The van der Waals surface area contributed by atoms with Crippen molar-refractivity contribution in [1.82, 2.24) is 5.32 Å². The van der Waals surface area contributed by atoms with E-state index in [1.165, 1.54) is 6.42 Å². The molecule has 1 saturated carbocycles. The highest BCUT2D eigenvalue weighted by molar-refractivity contribution is 5.17. The molecule has 86 valence electrons. The lowest BCUT2D eigenvalue weighted by Gasteiger charge is -2.08. The van der Waals surface area contributed by atoms with E-state index in [1.54, 1.807) is 0 Å². The number of terminal acetylenes is 1. The first-order valence-corrected chi connectivity index (χ1v) is 5.96. The summed E-state index contributed by atoms with van der Waals surface area (Å²) in [6.45, 7) is 5.12. The normalized spacial score (nSPS) is 25.1. The Bertz CT molecular complexity index is 388. The Hall–Kier alpha value is -1.20. The van der Waals surface area contributed by atoms with Gasteiger partial charge in [0.25, 0.3) is 0 Å². The molecule has 1 aliphatic rings. The van der Waals surface area contributed by atoms with E-state index < -0.39 is 0 Å². The molecule has 2 nitrogen and oxygen atoms in total. The van der Waals surface area contributed by atoms with Crippen molar-refractivity contribution >= 4 is 0 Å². The number of nitrogens with one attached hydrogen (secondary N) is 1. The van der Waals surface area contributed by atoms with Gasteiger partial charge >= 0.3 is 0 Å². The van der Waals surface area contributed by atoms with Gasteiger partial charge in [-0.3, -0.25) is 0 Å². The van der Waals surface area contributed by atoms with Crippen LogP contribution in [0.15, 0.2) is 16.5 Å². The fraction of sp³-hybridized carbons (Fsp3) is 0.571. The standard InChI is InChI=1S/C14H19NO/c1-4-5-11(3)15-9-12-6-7-14(16-12)13-8-10(13)2/h1,6-7,10-11,13,15H,5,8-9H2,2-3H3. The van der Waals surface area contributed by atoms with Gasteiger partial charge in [-0.2, -0.15) is 0 Å². The molecule has 1 fully saturated rings. The molecule has 3 unspecified atom stereocenters. The van der Waals surface area contributed by atoms with E-state index in [-0.39, 0.29) is 0 Å². The summed E-state index contributed by atoms with van der Waals surface area (Å²) in [5, 5.41) is 3.35. The van der Waals surface area contributed by atoms with Crippen LogP contribution in [0.3, 0.4) is 0 Å². The SMILES string of the molecule is C#CCC(C)NCc1ccc(C2CC2C)o1. The Morgan fingerprint density at radius 3 is 3.00 bits per heavy atom. The predicted molar refractivity (Wildman–Crippen MR) is 65.0 cm³/mol. The van der Waals surface area contributed by atoms with Gasteiger partial charge in [0.15, 0.2) is 0 Å². The van der Waals surface area contributed by atoms with Gasteiger partial charge in [-0.25, -0.2) is 0 Å². The molecule has 2 rings (SSSR count). The predicted octanol–water partition coefficient (Wildman–Crippen LogP) is 2.90. The zero-order valence-electron chi connectivity index (χ0n) is 9.99. The Morgan fingerprint density at radius 1 is 1.62 bits per heavy atom. The molecule has 3 atom stereocenters. The molecule has 0 spiro atoms. The van der Waals surface area contributed by atoms with Crippen LogP contribution in [0.1, 0.15) is 44.1 Å². The maximum absolute atomic E-state index is 5.79. The molecule has 1 N–H and O–H groups in total. The summed E-state index contributed by atoms with van der Waals surface area (Å²) in [6.07, 6.45) is 7.28. The largest absolute Gasteiger partial charge is 0.464 e. The number of hydrogen-bond acceptors (Lipinski definition) is 2. The third-order valence-electron chi connectivity index (χ3n) is 3.21. The van der Waals surface area contributed by atoms with Crippen LogP contribution in [0, 0.1) is 18.3 Å². The highest BCUT2D eigenvalue weighted by atomic mass is 16.3. The van der Waals surface area contributed by atoms with Crippen molar-refractivity contribution in [3.63, 3.8) is 0 Å². The van der Waals surface area contributed by atoms with Crippen molar-refractivity contribution in [2.45, 2.75) is 45.2 Å². The maximum Gasteiger partial charge on any atom is 0.117 e. The van der Waals surface area contributed by atoms with Crippen LogP contribution in [0.4, 0.5) is 0 Å². The second kappa shape index (κ2) is 4.76. The van der Waals surface area contributed by atoms with Gasteiger partial charge in [-0.1, -0.05) is 6.92 Å². The van der Waals surface area contributed by atoms with Crippen molar-refractivity contribution in [2.75, 3.05) is 0 Å². The summed E-state index contributed by atoms with van der Waals surface area (Å²) in [5.41, 5.74) is 0. The summed E-state index contributed by atoms with van der Waals surface area (Å²) in [4.78, 5) is 0. The lowest BCUT2D eigenvalue weighted by molar-refractivity contribution is 0.428. The van der Waals surface area contributed by atoms with Crippen LogP contribution in [0.2, 0.25) is 0 Å². The number of rotatable bonds is 5. The summed E-state index contributed by atoms with van der Waals surface area (Å²) in [7, 11) is 0. The van der Waals surface area contributed by atoms with Crippen LogP contribution < -0.4 is 5.32 Å². The highest BCUT2D eigenvalue weighted by Crippen LogP contribution is 2.47. The quantitative estimate of drug-likeness (QED) is 0.767. The highest BCUT2D eigenvalue weighted by Gasteiger charge is 2.36. The second-order valence-corrected chi connectivity index (χ2v) is 4.81. The molecular weight excluding hydrogens is 198 g/mol. The smallest absolute Gasteiger partial charge is 0.117 e. The maximum atomic E-state index is 5.79. The minimum absolute atomic E-state index is 0.346. The third kappa shape index (κ3) is 2.68. The monoisotopic (exact) mass is 217 g/mol. The Kier molecular flexibility index (Phi) is 3.36. The molecular formula is C14H19NO. The van der Waals surface area contributed by atoms with Gasteiger partial charge in [0.2, 0.25) is 0 Å². The van der Waals surface area contributed by atoms with E-state index >= 15 is 0 Å². The van der Waals surface area contributed by atoms with E-state index in [0.29, 0.717) is 12.0 Å². The van der Waals surface area contributed by atoms with Gasteiger partial charge in [-0.15, -0.1) is 12.3 Å². The molecule has 0 bridgehead atoms. The average molecular weight is 217 g/mol. The molecule has 0 saturated heterocycles. The van der Waals surface area contributed by atoms with E-state index in [4.69, 9.17) is 10.8 Å². The molecule has 16 heavy (non-hydrogen) atoms. The summed E-state index contributed by atoms with van der Waals surface area (Å²) >= 11 is 0. The van der Waals surface area contributed by atoms with Crippen LogP contribution in [-0.4, -0.2) is 6.04 Å². The molecule has 1 heterocycles. The number of hydrogen-bond donors (Lipinski definition) is 1. The van der Waals surface area contributed by atoms with Crippen molar-refractivity contribution in [3.05, 3.63) is 23.7 Å². The van der Waals surface area contributed by atoms with Crippen molar-refractivity contribution in [2.24, 2.45) is 5.92 Å². The van der Waals surface area contributed by atoms with E-state index in [9.17, 15) is 0 Å². The third-order valence-corrected chi connectivity index (χ3v) is 3.21. The molecule has 1 aliphatic carbocycles. The summed E-state index contributed by atoms with van der Waals surface area (Å²) in [5.74, 6) is 6.27. The van der Waals surface area contributed by atoms with Crippen LogP contribution in [0.25, 0.3) is 0 Å². The molecule has 0 radical (unpaired) electrons. The van der Waals surface area contributed by atoms with Crippen LogP contribution >= 0.6 is 0 Å². The molecule has 1 aromatic rings. The van der Waals surface area contributed by atoms with E-state index in [0.717, 1.165) is 30.4 Å². The summed E-state index contributed by atoms with van der Waals surface area (Å²) < 4.78 is 5.79. The van der Waals surface area contributed by atoms with Crippen molar-refractivity contribution < 1.29 is 4.42 Å².